The molecule has 4 aliphatic rings. The number of rotatable bonds is 3. The SMILES string of the molecule is O=C(C[C@H]1OC[C@H]2CN(C3CCC3)CC[C@H]21)N1CCCCO1. The molecule has 1 saturated carbocycles. The van der Waals surface area contributed by atoms with Gasteiger partial charge in [0, 0.05) is 25.0 Å². The van der Waals surface area contributed by atoms with Crippen LogP contribution in [0.5, 0.6) is 0 Å². The first kappa shape index (κ1) is 14.9. The highest BCUT2D eigenvalue weighted by atomic mass is 16.7. The Labute approximate surface area is 132 Å². The summed E-state index contributed by atoms with van der Waals surface area (Å²) >= 11 is 0. The monoisotopic (exact) mass is 308 g/mol. The summed E-state index contributed by atoms with van der Waals surface area (Å²) in [6, 6.07) is 0.836. The van der Waals surface area contributed by atoms with Gasteiger partial charge in [-0.25, -0.2) is 5.06 Å². The van der Waals surface area contributed by atoms with Gasteiger partial charge in [-0.3, -0.25) is 9.63 Å². The zero-order valence-corrected chi connectivity index (χ0v) is 13.4. The second-order valence-corrected chi connectivity index (χ2v) is 7.40. The fourth-order valence-electron chi connectivity index (χ4n) is 4.48. The van der Waals surface area contributed by atoms with Crippen LogP contribution in [0.15, 0.2) is 0 Å². The Morgan fingerprint density at radius 2 is 2.00 bits per heavy atom. The number of hydrogen-bond acceptors (Lipinski definition) is 4. The van der Waals surface area contributed by atoms with Crippen molar-refractivity contribution in [3.05, 3.63) is 0 Å². The lowest BCUT2D eigenvalue weighted by Gasteiger charge is -2.43. The Hall–Kier alpha value is -0.650. The topological polar surface area (TPSA) is 42.0 Å². The van der Waals surface area contributed by atoms with Crippen LogP contribution in [-0.4, -0.2) is 60.9 Å². The van der Waals surface area contributed by atoms with Crippen LogP contribution in [-0.2, 0) is 14.4 Å². The second kappa shape index (κ2) is 6.46. The molecule has 0 aromatic rings. The zero-order valence-electron chi connectivity index (χ0n) is 13.4. The summed E-state index contributed by atoms with van der Waals surface area (Å²) in [6.45, 7) is 4.64. The van der Waals surface area contributed by atoms with E-state index >= 15 is 0 Å². The lowest BCUT2D eigenvalue weighted by molar-refractivity contribution is -0.199. The minimum Gasteiger partial charge on any atom is -0.377 e. The maximum absolute atomic E-state index is 12.4. The molecule has 0 aromatic heterocycles. The average molecular weight is 308 g/mol. The molecule has 0 spiro atoms. The Bertz CT molecular complexity index is 407. The summed E-state index contributed by atoms with van der Waals surface area (Å²) in [6.07, 6.45) is 8.10. The molecule has 22 heavy (non-hydrogen) atoms. The molecule has 0 N–H and O–H groups in total. The molecule has 5 heteroatoms. The van der Waals surface area contributed by atoms with Gasteiger partial charge >= 0.3 is 0 Å². The lowest BCUT2D eigenvalue weighted by atomic mass is 9.80. The Morgan fingerprint density at radius 1 is 1.09 bits per heavy atom. The molecule has 3 aliphatic heterocycles. The van der Waals surface area contributed by atoms with E-state index in [-0.39, 0.29) is 12.0 Å². The van der Waals surface area contributed by atoms with Crippen molar-refractivity contribution in [2.75, 3.05) is 32.8 Å². The van der Waals surface area contributed by atoms with Crippen LogP contribution in [0.1, 0.15) is 44.9 Å². The van der Waals surface area contributed by atoms with E-state index in [1.165, 1.54) is 38.8 Å². The molecule has 3 atom stereocenters. The van der Waals surface area contributed by atoms with Gasteiger partial charge in [0.25, 0.3) is 0 Å². The third kappa shape index (κ3) is 2.91. The van der Waals surface area contributed by atoms with Crippen molar-refractivity contribution in [3.8, 4) is 0 Å². The number of hydrogen-bond donors (Lipinski definition) is 0. The fourth-order valence-corrected chi connectivity index (χ4v) is 4.48. The Morgan fingerprint density at radius 3 is 2.73 bits per heavy atom. The van der Waals surface area contributed by atoms with E-state index < -0.39 is 0 Å². The van der Waals surface area contributed by atoms with Gasteiger partial charge in [0.15, 0.2) is 0 Å². The molecular weight excluding hydrogens is 280 g/mol. The predicted molar refractivity (Wildman–Crippen MR) is 82.1 cm³/mol. The standard InChI is InChI=1S/C17H28N2O3/c20-17(19-7-1-2-9-22-19)10-16-15-6-8-18(14-4-3-5-14)11-13(15)12-21-16/h13-16H,1-12H2/t13-,15-,16-/m1/s1. The van der Waals surface area contributed by atoms with Crippen molar-refractivity contribution in [1.82, 2.24) is 9.96 Å². The first-order chi connectivity index (χ1) is 10.8. The summed E-state index contributed by atoms with van der Waals surface area (Å²) in [5.74, 6) is 1.33. The number of ether oxygens (including phenoxy) is 1. The largest absolute Gasteiger partial charge is 0.377 e. The summed E-state index contributed by atoms with van der Waals surface area (Å²) in [4.78, 5) is 20.5. The highest BCUT2D eigenvalue weighted by molar-refractivity contribution is 5.75. The number of likely N-dealkylation sites (tertiary alicyclic amines) is 1. The van der Waals surface area contributed by atoms with Crippen LogP contribution >= 0.6 is 0 Å². The van der Waals surface area contributed by atoms with Gasteiger partial charge < -0.3 is 9.64 Å². The third-order valence-electron chi connectivity index (χ3n) is 6.07. The van der Waals surface area contributed by atoms with Crippen LogP contribution in [0, 0.1) is 11.8 Å². The van der Waals surface area contributed by atoms with E-state index in [1.807, 2.05) is 0 Å². The van der Waals surface area contributed by atoms with E-state index in [2.05, 4.69) is 4.90 Å². The molecule has 0 aromatic carbocycles. The van der Waals surface area contributed by atoms with Gasteiger partial charge in [0.1, 0.15) is 0 Å². The molecule has 0 radical (unpaired) electrons. The highest BCUT2D eigenvalue weighted by Crippen LogP contribution is 2.38. The molecule has 3 heterocycles. The van der Waals surface area contributed by atoms with Crippen LogP contribution < -0.4 is 0 Å². The molecule has 3 saturated heterocycles. The van der Waals surface area contributed by atoms with Crippen molar-refractivity contribution < 1.29 is 14.4 Å². The summed E-state index contributed by atoms with van der Waals surface area (Å²) in [5.41, 5.74) is 0. The minimum atomic E-state index is 0.117. The number of hydroxylamine groups is 2. The van der Waals surface area contributed by atoms with Gasteiger partial charge in [0.2, 0.25) is 5.91 Å². The number of carbonyl (C=O) groups excluding carboxylic acids is 1. The number of amides is 1. The van der Waals surface area contributed by atoms with Crippen LogP contribution in [0.4, 0.5) is 0 Å². The minimum absolute atomic E-state index is 0.117. The van der Waals surface area contributed by atoms with E-state index in [0.717, 1.165) is 32.0 Å². The fraction of sp³-hybridized carbons (Fsp3) is 0.941. The van der Waals surface area contributed by atoms with E-state index in [9.17, 15) is 4.79 Å². The van der Waals surface area contributed by atoms with Gasteiger partial charge in [-0.05, 0) is 44.6 Å². The van der Waals surface area contributed by atoms with Gasteiger partial charge in [0.05, 0.1) is 25.7 Å². The first-order valence-electron chi connectivity index (χ1n) is 9.10. The Kier molecular flexibility index (Phi) is 4.38. The molecule has 124 valence electrons. The molecule has 1 aliphatic carbocycles. The predicted octanol–water partition coefficient (Wildman–Crippen LogP) is 1.82. The summed E-state index contributed by atoms with van der Waals surface area (Å²) in [5, 5.41) is 1.57. The van der Waals surface area contributed by atoms with Crippen molar-refractivity contribution in [2.24, 2.45) is 11.8 Å². The number of nitrogens with zero attached hydrogens (tertiary/aromatic N) is 2. The smallest absolute Gasteiger partial charge is 0.248 e. The van der Waals surface area contributed by atoms with Gasteiger partial charge in [-0.1, -0.05) is 6.42 Å². The maximum Gasteiger partial charge on any atom is 0.248 e. The number of piperidine rings is 1. The average Bonchev–Trinajstić information content (AvgIpc) is 2.89. The normalized spacial score (nSPS) is 36.9. The summed E-state index contributed by atoms with van der Waals surface area (Å²) < 4.78 is 6.01. The molecular formula is C17H28N2O3. The number of fused-ring (bicyclic) bond motifs is 1. The highest BCUT2D eigenvalue weighted by Gasteiger charge is 2.43. The zero-order chi connectivity index (χ0) is 14.9. The van der Waals surface area contributed by atoms with Crippen molar-refractivity contribution in [1.29, 1.82) is 0 Å². The van der Waals surface area contributed by atoms with Crippen molar-refractivity contribution >= 4 is 5.91 Å². The molecule has 4 fully saturated rings. The van der Waals surface area contributed by atoms with Gasteiger partial charge in [-0.15, -0.1) is 0 Å². The lowest BCUT2D eigenvalue weighted by Crippen LogP contribution is -2.49. The van der Waals surface area contributed by atoms with Crippen molar-refractivity contribution in [2.45, 2.75) is 57.1 Å². The quantitative estimate of drug-likeness (QED) is 0.797. The first-order valence-corrected chi connectivity index (χ1v) is 9.10. The number of carbonyl (C=O) groups is 1. The Balaban J connectivity index is 1.30. The van der Waals surface area contributed by atoms with Crippen LogP contribution in [0.25, 0.3) is 0 Å². The van der Waals surface area contributed by atoms with Crippen LogP contribution in [0.2, 0.25) is 0 Å². The molecule has 0 unspecified atom stereocenters. The molecule has 0 bridgehead atoms. The maximum atomic E-state index is 12.4. The van der Waals surface area contributed by atoms with E-state index in [1.54, 1.807) is 5.06 Å². The van der Waals surface area contributed by atoms with E-state index in [4.69, 9.17) is 9.57 Å². The summed E-state index contributed by atoms with van der Waals surface area (Å²) in [7, 11) is 0. The third-order valence-corrected chi connectivity index (χ3v) is 6.07. The molecule has 5 nitrogen and oxygen atoms in total. The molecule has 1 amide bonds. The second-order valence-electron chi connectivity index (χ2n) is 7.40. The van der Waals surface area contributed by atoms with Gasteiger partial charge in [-0.2, -0.15) is 0 Å². The van der Waals surface area contributed by atoms with E-state index in [0.29, 0.717) is 24.9 Å². The van der Waals surface area contributed by atoms with Crippen LogP contribution in [0.3, 0.4) is 0 Å². The molecule has 4 rings (SSSR count). The van der Waals surface area contributed by atoms with Crippen molar-refractivity contribution in [3.63, 3.8) is 0 Å².